The second-order valence-electron chi connectivity index (χ2n) is 8.10. The van der Waals surface area contributed by atoms with E-state index in [9.17, 15) is 9.59 Å². The van der Waals surface area contributed by atoms with Crippen molar-refractivity contribution in [1.82, 2.24) is 14.8 Å². The third kappa shape index (κ3) is 6.17. The van der Waals surface area contributed by atoms with E-state index >= 15 is 0 Å². The van der Waals surface area contributed by atoms with Crippen molar-refractivity contribution in [3.63, 3.8) is 0 Å². The lowest BCUT2D eigenvalue weighted by Crippen LogP contribution is -2.31. The van der Waals surface area contributed by atoms with Crippen molar-refractivity contribution in [2.45, 2.75) is 26.2 Å². The van der Waals surface area contributed by atoms with Crippen molar-refractivity contribution in [1.29, 1.82) is 0 Å². The summed E-state index contributed by atoms with van der Waals surface area (Å²) in [4.78, 5) is 39.6. The predicted octanol–water partition coefficient (Wildman–Crippen LogP) is 7.01. The van der Waals surface area contributed by atoms with E-state index in [1.807, 2.05) is 79.9 Å². The Kier molecular flexibility index (Phi) is 8.02. The van der Waals surface area contributed by atoms with Crippen LogP contribution in [-0.4, -0.2) is 26.6 Å². The van der Waals surface area contributed by atoms with Crippen molar-refractivity contribution in [3.05, 3.63) is 119 Å². The number of nitrogens with zero attached hydrogens (tertiary/aromatic N) is 3. The van der Waals surface area contributed by atoms with Gasteiger partial charge in [0.1, 0.15) is 0 Å². The molecule has 5 rings (SSSR count). The maximum absolute atomic E-state index is 13.6. The summed E-state index contributed by atoms with van der Waals surface area (Å²) >= 11 is 6.51. The van der Waals surface area contributed by atoms with Crippen LogP contribution in [0.2, 0.25) is 0 Å². The Balaban J connectivity index is 1.39. The molecule has 0 aliphatic rings. The molecule has 0 atom stereocenters. The highest BCUT2D eigenvalue weighted by molar-refractivity contribution is 7.10. The van der Waals surface area contributed by atoms with Crippen LogP contribution in [0.15, 0.2) is 88.5 Å². The zero-order chi connectivity index (χ0) is 24.7. The normalized spacial score (nSPS) is 10.9. The SMILES string of the molecule is O=C(c1cncc(C(=O)N(Cc2cccs2)Cc2cccs2)c1)N(Cc1cccs1)Cc1cccs1. The first-order valence-electron chi connectivity index (χ1n) is 11.3. The van der Waals surface area contributed by atoms with Crippen molar-refractivity contribution < 1.29 is 9.59 Å². The summed E-state index contributed by atoms with van der Waals surface area (Å²) in [6.07, 6.45) is 3.11. The summed E-state index contributed by atoms with van der Waals surface area (Å²) in [6.45, 7) is 2.04. The van der Waals surface area contributed by atoms with Crippen LogP contribution in [0.3, 0.4) is 0 Å². The summed E-state index contributed by atoms with van der Waals surface area (Å²) in [6, 6.07) is 17.8. The number of carbonyl (C=O) groups excluding carboxylic acids is 2. The Labute approximate surface area is 225 Å². The molecule has 5 nitrogen and oxygen atoms in total. The molecule has 2 amide bonds. The molecular weight excluding hydrogens is 527 g/mol. The highest BCUT2D eigenvalue weighted by Crippen LogP contribution is 2.22. The molecule has 0 bridgehead atoms. The fourth-order valence-corrected chi connectivity index (χ4v) is 6.68. The van der Waals surface area contributed by atoms with Gasteiger partial charge in [-0.05, 0) is 51.9 Å². The van der Waals surface area contributed by atoms with E-state index in [-0.39, 0.29) is 11.8 Å². The summed E-state index contributed by atoms with van der Waals surface area (Å²) < 4.78 is 0. The topological polar surface area (TPSA) is 53.5 Å². The van der Waals surface area contributed by atoms with Gasteiger partial charge in [0.25, 0.3) is 11.8 Å². The van der Waals surface area contributed by atoms with Crippen LogP contribution in [-0.2, 0) is 26.2 Å². The molecule has 0 spiro atoms. The molecular formula is C27H23N3O2S4. The fourth-order valence-electron chi connectivity index (χ4n) is 3.80. The van der Waals surface area contributed by atoms with Crippen LogP contribution in [0.4, 0.5) is 0 Å². The van der Waals surface area contributed by atoms with E-state index in [0.29, 0.717) is 37.3 Å². The highest BCUT2D eigenvalue weighted by atomic mass is 32.1. The lowest BCUT2D eigenvalue weighted by Gasteiger charge is -2.23. The molecule has 5 aromatic rings. The first kappa shape index (κ1) is 24.6. The number of aromatic nitrogens is 1. The molecule has 0 aliphatic carbocycles. The molecule has 182 valence electrons. The minimum Gasteiger partial charge on any atom is -0.328 e. The third-order valence-corrected chi connectivity index (χ3v) is 8.96. The van der Waals surface area contributed by atoms with Crippen LogP contribution in [0.5, 0.6) is 0 Å². The first-order chi connectivity index (χ1) is 17.7. The van der Waals surface area contributed by atoms with E-state index < -0.39 is 0 Å². The Morgan fingerprint density at radius 1 is 0.583 bits per heavy atom. The van der Waals surface area contributed by atoms with E-state index in [1.54, 1.807) is 63.8 Å². The molecule has 0 saturated heterocycles. The molecule has 5 heterocycles. The van der Waals surface area contributed by atoms with Gasteiger partial charge in [-0.3, -0.25) is 14.6 Å². The summed E-state index contributed by atoms with van der Waals surface area (Å²) in [5.41, 5.74) is 0.835. The molecule has 0 N–H and O–H groups in total. The van der Waals surface area contributed by atoms with Crippen LogP contribution < -0.4 is 0 Å². The first-order valence-corrected chi connectivity index (χ1v) is 14.8. The molecule has 0 aromatic carbocycles. The summed E-state index contributed by atoms with van der Waals surface area (Å²) in [5.74, 6) is -0.274. The Bertz CT molecular complexity index is 1200. The maximum atomic E-state index is 13.6. The molecule has 9 heteroatoms. The highest BCUT2D eigenvalue weighted by Gasteiger charge is 2.22. The third-order valence-electron chi connectivity index (χ3n) is 5.51. The molecule has 5 aromatic heterocycles. The number of thiophene rings is 4. The van der Waals surface area contributed by atoms with Gasteiger partial charge in [-0.1, -0.05) is 24.3 Å². The smallest absolute Gasteiger partial charge is 0.256 e. The van der Waals surface area contributed by atoms with Crippen LogP contribution in [0.25, 0.3) is 0 Å². The molecule has 0 radical (unpaired) electrons. The lowest BCUT2D eigenvalue weighted by molar-refractivity contribution is 0.0730. The summed E-state index contributed by atoms with van der Waals surface area (Å²) in [7, 11) is 0. The fraction of sp³-hybridized carbons (Fsp3) is 0.148. The van der Waals surface area contributed by atoms with Crippen LogP contribution >= 0.6 is 45.3 Å². The minimum atomic E-state index is -0.137. The van der Waals surface area contributed by atoms with E-state index in [1.165, 1.54) is 0 Å². The van der Waals surface area contributed by atoms with Crippen LogP contribution in [0, 0.1) is 0 Å². The van der Waals surface area contributed by atoms with Crippen molar-refractivity contribution in [2.24, 2.45) is 0 Å². The zero-order valence-electron chi connectivity index (χ0n) is 19.3. The molecule has 36 heavy (non-hydrogen) atoms. The second kappa shape index (κ2) is 11.7. The minimum absolute atomic E-state index is 0.137. The monoisotopic (exact) mass is 549 g/mol. The van der Waals surface area contributed by atoms with Gasteiger partial charge in [0.15, 0.2) is 0 Å². The number of rotatable bonds is 10. The van der Waals surface area contributed by atoms with Gasteiger partial charge in [-0.2, -0.15) is 0 Å². The Morgan fingerprint density at radius 3 is 1.19 bits per heavy atom. The lowest BCUT2D eigenvalue weighted by atomic mass is 10.1. The van der Waals surface area contributed by atoms with E-state index in [0.717, 1.165) is 19.5 Å². The van der Waals surface area contributed by atoms with E-state index in [4.69, 9.17) is 0 Å². The van der Waals surface area contributed by atoms with Gasteiger partial charge in [0, 0.05) is 31.9 Å². The Morgan fingerprint density at radius 2 is 0.917 bits per heavy atom. The van der Waals surface area contributed by atoms with Crippen molar-refractivity contribution >= 4 is 57.2 Å². The standard InChI is InChI=1S/C27H23N3O2S4/c31-26(29(16-22-5-1-9-33-22)17-23-6-2-10-34-23)20-13-21(15-28-14-20)27(32)30(18-24-7-3-11-35-24)19-25-8-4-12-36-25/h1-15H,16-19H2. The predicted molar refractivity (Wildman–Crippen MR) is 149 cm³/mol. The van der Waals surface area contributed by atoms with Gasteiger partial charge >= 0.3 is 0 Å². The Hall–Kier alpha value is -3.11. The van der Waals surface area contributed by atoms with Gasteiger partial charge in [-0.15, -0.1) is 45.3 Å². The molecule has 0 saturated carbocycles. The zero-order valence-corrected chi connectivity index (χ0v) is 22.5. The molecule has 0 unspecified atom stereocenters. The van der Waals surface area contributed by atoms with Crippen molar-refractivity contribution in [2.75, 3.05) is 0 Å². The number of hydrogen-bond donors (Lipinski definition) is 0. The number of carbonyl (C=O) groups is 2. The van der Waals surface area contributed by atoms with Crippen LogP contribution in [0.1, 0.15) is 40.2 Å². The largest absolute Gasteiger partial charge is 0.328 e. The van der Waals surface area contributed by atoms with Gasteiger partial charge in [-0.25, -0.2) is 0 Å². The van der Waals surface area contributed by atoms with E-state index in [2.05, 4.69) is 4.98 Å². The number of amides is 2. The average Bonchev–Trinajstić information content (AvgIpc) is 3.71. The summed E-state index contributed by atoms with van der Waals surface area (Å²) in [5, 5.41) is 8.05. The van der Waals surface area contributed by atoms with Gasteiger partial charge in [0.2, 0.25) is 0 Å². The number of hydrogen-bond acceptors (Lipinski definition) is 7. The van der Waals surface area contributed by atoms with Gasteiger partial charge < -0.3 is 9.80 Å². The average molecular weight is 550 g/mol. The van der Waals surface area contributed by atoms with Gasteiger partial charge in [0.05, 0.1) is 37.3 Å². The maximum Gasteiger partial charge on any atom is 0.256 e. The molecule has 0 aliphatic heterocycles. The quantitative estimate of drug-likeness (QED) is 0.188. The second-order valence-corrected chi connectivity index (χ2v) is 12.2. The molecule has 0 fully saturated rings. The van der Waals surface area contributed by atoms with Crippen molar-refractivity contribution in [3.8, 4) is 0 Å². The number of pyridine rings is 1.